The lowest BCUT2D eigenvalue weighted by Gasteiger charge is -2.10. The predicted molar refractivity (Wildman–Crippen MR) is 102 cm³/mol. The van der Waals surface area contributed by atoms with Gasteiger partial charge in [-0.3, -0.25) is 9.78 Å². The van der Waals surface area contributed by atoms with Crippen molar-refractivity contribution in [2.24, 2.45) is 0 Å². The summed E-state index contributed by atoms with van der Waals surface area (Å²) in [5.74, 6) is 0.730. The quantitative estimate of drug-likeness (QED) is 0.512. The Hall–Kier alpha value is -2.53. The molecule has 2 aromatic carbocycles. The molecule has 4 nitrogen and oxygen atoms in total. The second kappa shape index (κ2) is 8.53. The Labute approximate surface area is 151 Å². The zero-order valence-corrected chi connectivity index (χ0v) is 14.9. The SMILES string of the molecule is CSc1ccccc1C(=O)NCCCOc1cccc2cccnc12. The highest BCUT2D eigenvalue weighted by Gasteiger charge is 2.09. The molecular formula is C20H20N2O2S. The Morgan fingerprint density at radius 2 is 1.96 bits per heavy atom. The lowest BCUT2D eigenvalue weighted by Crippen LogP contribution is -2.26. The summed E-state index contributed by atoms with van der Waals surface area (Å²) in [5, 5.41) is 4.01. The van der Waals surface area contributed by atoms with E-state index in [0.29, 0.717) is 18.7 Å². The van der Waals surface area contributed by atoms with Gasteiger partial charge in [0.05, 0.1) is 12.2 Å². The lowest BCUT2D eigenvalue weighted by atomic mass is 10.2. The van der Waals surface area contributed by atoms with Gasteiger partial charge in [0.1, 0.15) is 11.3 Å². The standard InChI is InChI=1S/C20H20N2O2S/c1-25-18-11-3-2-9-16(18)20(23)22-13-6-14-24-17-10-4-7-15-8-5-12-21-19(15)17/h2-5,7-12H,6,13-14H2,1H3,(H,22,23). The molecule has 0 aliphatic carbocycles. The van der Waals surface area contributed by atoms with Crippen molar-refractivity contribution in [3.05, 3.63) is 66.4 Å². The molecule has 0 aliphatic heterocycles. The van der Waals surface area contributed by atoms with E-state index < -0.39 is 0 Å². The number of pyridine rings is 1. The molecule has 5 heteroatoms. The number of benzene rings is 2. The number of hydrogen-bond donors (Lipinski definition) is 1. The van der Waals surface area contributed by atoms with E-state index >= 15 is 0 Å². The number of ether oxygens (including phenoxy) is 1. The number of nitrogens with zero attached hydrogens (tertiary/aromatic N) is 1. The van der Waals surface area contributed by atoms with E-state index in [1.807, 2.05) is 60.9 Å². The Bertz CT molecular complexity index is 862. The first-order valence-electron chi connectivity index (χ1n) is 8.17. The smallest absolute Gasteiger partial charge is 0.252 e. The van der Waals surface area contributed by atoms with Crippen LogP contribution in [0.4, 0.5) is 0 Å². The van der Waals surface area contributed by atoms with Gasteiger partial charge in [0, 0.05) is 23.0 Å². The van der Waals surface area contributed by atoms with E-state index in [1.165, 1.54) is 0 Å². The highest BCUT2D eigenvalue weighted by Crippen LogP contribution is 2.23. The van der Waals surface area contributed by atoms with Gasteiger partial charge in [-0.15, -0.1) is 11.8 Å². The Balaban J connectivity index is 1.49. The molecule has 0 radical (unpaired) electrons. The van der Waals surface area contributed by atoms with Gasteiger partial charge in [0.25, 0.3) is 5.91 Å². The summed E-state index contributed by atoms with van der Waals surface area (Å²) in [4.78, 5) is 17.6. The maximum atomic E-state index is 12.3. The van der Waals surface area contributed by atoms with Crippen molar-refractivity contribution in [3.8, 4) is 5.75 Å². The summed E-state index contributed by atoms with van der Waals surface area (Å²) < 4.78 is 5.83. The molecule has 1 heterocycles. The van der Waals surface area contributed by atoms with Crippen LogP contribution >= 0.6 is 11.8 Å². The summed E-state index contributed by atoms with van der Waals surface area (Å²) in [6, 6.07) is 17.4. The van der Waals surface area contributed by atoms with Crippen LogP contribution in [-0.4, -0.2) is 30.3 Å². The average Bonchev–Trinajstić information content (AvgIpc) is 2.67. The van der Waals surface area contributed by atoms with Crippen LogP contribution < -0.4 is 10.1 Å². The monoisotopic (exact) mass is 352 g/mol. The van der Waals surface area contributed by atoms with E-state index in [0.717, 1.165) is 28.0 Å². The van der Waals surface area contributed by atoms with E-state index in [-0.39, 0.29) is 5.91 Å². The molecule has 0 atom stereocenters. The van der Waals surface area contributed by atoms with Crippen molar-refractivity contribution in [1.29, 1.82) is 0 Å². The third kappa shape index (κ3) is 4.31. The number of nitrogens with one attached hydrogen (secondary N) is 1. The fourth-order valence-corrected chi connectivity index (χ4v) is 3.17. The van der Waals surface area contributed by atoms with Gasteiger partial charge >= 0.3 is 0 Å². The molecule has 0 unspecified atom stereocenters. The molecule has 1 amide bonds. The van der Waals surface area contributed by atoms with Crippen LogP contribution in [0.5, 0.6) is 5.75 Å². The summed E-state index contributed by atoms with van der Waals surface area (Å²) in [6.07, 6.45) is 4.47. The van der Waals surface area contributed by atoms with Crippen LogP contribution in [-0.2, 0) is 0 Å². The van der Waals surface area contributed by atoms with Crippen LogP contribution in [0, 0.1) is 0 Å². The topological polar surface area (TPSA) is 51.2 Å². The van der Waals surface area contributed by atoms with Gasteiger partial charge in [-0.1, -0.05) is 30.3 Å². The molecule has 0 saturated heterocycles. The van der Waals surface area contributed by atoms with Crippen molar-refractivity contribution < 1.29 is 9.53 Å². The van der Waals surface area contributed by atoms with Crippen molar-refractivity contribution in [3.63, 3.8) is 0 Å². The van der Waals surface area contributed by atoms with Crippen LogP contribution in [0.1, 0.15) is 16.8 Å². The van der Waals surface area contributed by atoms with Gasteiger partial charge in [-0.2, -0.15) is 0 Å². The van der Waals surface area contributed by atoms with Crippen molar-refractivity contribution in [2.75, 3.05) is 19.4 Å². The van der Waals surface area contributed by atoms with Crippen LogP contribution in [0.25, 0.3) is 10.9 Å². The minimum atomic E-state index is -0.0447. The van der Waals surface area contributed by atoms with Crippen LogP contribution in [0.2, 0.25) is 0 Å². The molecule has 128 valence electrons. The van der Waals surface area contributed by atoms with Gasteiger partial charge in [0.2, 0.25) is 0 Å². The minimum Gasteiger partial charge on any atom is -0.491 e. The zero-order chi connectivity index (χ0) is 17.5. The van der Waals surface area contributed by atoms with Gasteiger partial charge in [-0.05, 0) is 36.9 Å². The summed E-state index contributed by atoms with van der Waals surface area (Å²) in [5.41, 5.74) is 1.58. The number of thioether (sulfide) groups is 1. The first-order valence-corrected chi connectivity index (χ1v) is 9.40. The molecule has 0 bridgehead atoms. The maximum absolute atomic E-state index is 12.3. The number of rotatable bonds is 7. The molecule has 0 spiro atoms. The molecule has 25 heavy (non-hydrogen) atoms. The third-order valence-electron chi connectivity index (χ3n) is 3.81. The fourth-order valence-electron chi connectivity index (χ4n) is 2.58. The second-order valence-electron chi connectivity index (χ2n) is 5.49. The molecular weight excluding hydrogens is 332 g/mol. The van der Waals surface area contributed by atoms with E-state index in [4.69, 9.17) is 4.74 Å². The van der Waals surface area contributed by atoms with Gasteiger partial charge in [-0.25, -0.2) is 0 Å². The molecule has 1 N–H and O–H groups in total. The predicted octanol–water partition coefficient (Wildman–Crippen LogP) is 4.16. The first kappa shape index (κ1) is 17.3. The van der Waals surface area contributed by atoms with Crippen molar-refractivity contribution in [1.82, 2.24) is 10.3 Å². The Morgan fingerprint density at radius 1 is 1.12 bits per heavy atom. The van der Waals surface area contributed by atoms with E-state index in [9.17, 15) is 4.79 Å². The summed E-state index contributed by atoms with van der Waals surface area (Å²) in [6.45, 7) is 1.10. The zero-order valence-electron chi connectivity index (χ0n) is 14.1. The number of carbonyl (C=O) groups is 1. The molecule has 0 aliphatic rings. The first-order chi connectivity index (χ1) is 12.3. The Kier molecular flexibility index (Phi) is 5.90. The largest absolute Gasteiger partial charge is 0.491 e. The highest BCUT2D eigenvalue weighted by atomic mass is 32.2. The number of para-hydroxylation sites is 1. The van der Waals surface area contributed by atoms with Crippen LogP contribution in [0.15, 0.2) is 65.7 Å². The Morgan fingerprint density at radius 3 is 2.84 bits per heavy atom. The normalized spacial score (nSPS) is 10.6. The van der Waals surface area contributed by atoms with E-state index in [2.05, 4.69) is 10.3 Å². The number of hydrogen-bond acceptors (Lipinski definition) is 4. The van der Waals surface area contributed by atoms with Gasteiger partial charge < -0.3 is 10.1 Å². The molecule has 1 aromatic heterocycles. The highest BCUT2D eigenvalue weighted by molar-refractivity contribution is 7.98. The molecule has 0 saturated carbocycles. The minimum absolute atomic E-state index is 0.0447. The molecule has 3 aromatic rings. The number of carbonyl (C=O) groups excluding carboxylic acids is 1. The van der Waals surface area contributed by atoms with Gasteiger partial charge in [0.15, 0.2) is 0 Å². The second-order valence-corrected chi connectivity index (χ2v) is 6.34. The lowest BCUT2D eigenvalue weighted by molar-refractivity contribution is 0.0948. The fraction of sp³-hybridized carbons (Fsp3) is 0.200. The summed E-state index contributed by atoms with van der Waals surface area (Å²) >= 11 is 1.57. The number of amides is 1. The van der Waals surface area contributed by atoms with Crippen LogP contribution in [0.3, 0.4) is 0 Å². The van der Waals surface area contributed by atoms with E-state index in [1.54, 1.807) is 18.0 Å². The summed E-state index contributed by atoms with van der Waals surface area (Å²) in [7, 11) is 0. The van der Waals surface area contributed by atoms with Crippen molar-refractivity contribution >= 4 is 28.6 Å². The number of aromatic nitrogens is 1. The molecule has 3 rings (SSSR count). The molecule has 0 fully saturated rings. The third-order valence-corrected chi connectivity index (χ3v) is 4.61. The maximum Gasteiger partial charge on any atom is 0.252 e. The average molecular weight is 352 g/mol. The number of fused-ring (bicyclic) bond motifs is 1. The van der Waals surface area contributed by atoms with Crippen molar-refractivity contribution in [2.45, 2.75) is 11.3 Å².